The fraction of sp³-hybridized carbons (Fsp3) is 0.889. The molecular weight excluding hydrogens is 154 g/mol. The number of aliphatic hydroxyl groups is 1. The molecule has 70 valence electrons. The van der Waals surface area contributed by atoms with E-state index in [1.54, 1.807) is 0 Å². The van der Waals surface area contributed by atoms with E-state index in [2.05, 4.69) is 5.32 Å². The van der Waals surface area contributed by atoms with Gasteiger partial charge in [-0.3, -0.25) is 4.79 Å². The van der Waals surface area contributed by atoms with E-state index in [9.17, 15) is 9.90 Å². The molecule has 2 N–H and O–H groups in total. The Bertz CT molecular complexity index is 170. The number of hydrogen-bond acceptors (Lipinski definition) is 2. The summed E-state index contributed by atoms with van der Waals surface area (Å²) in [6.45, 7) is 3.56. The van der Waals surface area contributed by atoms with E-state index < -0.39 is 0 Å². The van der Waals surface area contributed by atoms with E-state index in [0.717, 1.165) is 19.3 Å². The van der Waals surface area contributed by atoms with Crippen LogP contribution < -0.4 is 5.32 Å². The summed E-state index contributed by atoms with van der Waals surface area (Å²) in [7, 11) is 0. The second kappa shape index (κ2) is 3.90. The van der Waals surface area contributed by atoms with Crippen LogP contribution in [0.25, 0.3) is 0 Å². The molecule has 0 aliphatic heterocycles. The first-order valence-corrected chi connectivity index (χ1v) is 4.54. The van der Waals surface area contributed by atoms with Gasteiger partial charge in [-0.25, -0.2) is 0 Å². The minimum absolute atomic E-state index is 0.0311. The van der Waals surface area contributed by atoms with Crippen LogP contribution in [0.4, 0.5) is 0 Å². The monoisotopic (exact) mass is 171 g/mol. The molecule has 0 aromatic heterocycles. The summed E-state index contributed by atoms with van der Waals surface area (Å²) in [5, 5.41) is 12.3. The third kappa shape index (κ3) is 2.48. The molecule has 1 aliphatic carbocycles. The minimum atomic E-state index is -0.171. The molecule has 1 aliphatic rings. The Balaban J connectivity index is 2.35. The van der Waals surface area contributed by atoms with Crippen molar-refractivity contribution in [1.29, 1.82) is 0 Å². The normalized spacial score (nSPS) is 36.1. The van der Waals surface area contributed by atoms with Crippen molar-refractivity contribution in [1.82, 2.24) is 5.32 Å². The Morgan fingerprint density at radius 2 is 2.17 bits per heavy atom. The Labute approximate surface area is 73.2 Å². The van der Waals surface area contributed by atoms with Crippen molar-refractivity contribution < 1.29 is 9.90 Å². The van der Waals surface area contributed by atoms with Gasteiger partial charge in [0.25, 0.3) is 0 Å². The Kier molecular flexibility index (Phi) is 3.09. The van der Waals surface area contributed by atoms with Crippen LogP contribution in [0.3, 0.4) is 0 Å². The highest BCUT2D eigenvalue weighted by atomic mass is 16.3. The molecule has 1 amide bonds. The van der Waals surface area contributed by atoms with E-state index in [-0.39, 0.29) is 18.1 Å². The third-order valence-corrected chi connectivity index (χ3v) is 2.53. The lowest BCUT2D eigenvalue weighted by Crippen LogP contribution is -2.40. The molecule has 0 aromatic rings. The van der Waals surface area contributed by atoms with Crippen LogP contribution >= 0.6 is 0 Å². The number of carbonyl (C=O) groups is 1. The molecule has 0 saturated heterocycles. The van der Waals surface area contributed by atoms with Gasteiger partial charge in [-0.1, -0.05) is 6.92 Å². The summed E-state index contributed by atoms with van der Waals surface area (Å²) in [5.41, 5.74) is 0. The van der Waals surface area contributed by atoms with E-state index in [1.165, 1.54) is 6.92 Å². The quantitative estimate of drug-likeness (QED) is 0.609. The molecule has 0 spiro atoms. The van der Waals surface area contributed by atoms with Crippen LogP contribution in [-0.4, -0.2) is 23.2 Å². The molecule has 1 fully saturated rings. The van der Waals surface area contributed by atoms with Crippen molar-refractivity contribution in [2.45, 2.75) is 45.3 Å². The van der Waals surface area contributed by atoms with Gasteiger partial charge >= 0.3 is 0 Å². The van der Waals surface area contributed by atoms with Gasteiger partial charge in [0.2, 0.25) is 5.91 Å². The summed E-state index contributed by atoms with van der Waals surface area (Å²) in [4.78, 5) is 10.7. The van der Waals surface area contributed by atoms with Gasteiger partial charge in [0.15, 0.2) is 0 Å². The predicted octanol–water partition coefficient (Wildman–Crippen LogP) is 0.672. The predicted molar refractivity (Wildman–Crippen MR) is 46.6 cm³/mol. The Morgan fingerprint density at radius 3 is 2.67 bits per heavy atom. The Hall–Kier alpha value is -0.570. The second-order valence-electron chi connectivity index (χ2n) is 3.76. The molecule has 12 heavy (non-hydrogen) atoms. The number of nitrogens with one attached hydrogen (secondary N) is 1. The van der Waals surface area contributed by atoms with E-state index in [0.29, 0.717) is 5.92 Å². The summed E-state index contributed by atoms with van der Waals surface area (Å²) >= 11 is 0. The molecule has 1 rings (SSSR count). The molecular formula is C9H17NO2. The van der Waals surface area contributed by atoms with Gasteiger partial charge in [0.1, 0.15) is 0 Å². The van der Waals surface area contributed by atoms with Crippen LogP contribution in [0, 0.1) is 5.92 Å². The fourth-order valence-corrected chi connectivity index (χ4v) is 1.80. The average molecular weight is 171 g/mol. The van der Waals surface area contributed by atoms with Gasteiger partial charge in [0.05, 0.1) is 6.10 Å². The van der Waals surface area contributed by atoms with Gasteiger partial charge in [0, 0.05) is 13.0 Å². The lowest BCUT2D eigenvalue weighted by atomic mass is 9.84. The van der Waals surface area contributed by atoms with Crippen molar-refractivity contribution in [3.8, 4) is 0 Å². The van der Waals surface area contributed by atoms with Gasteiger partial charge in [-0.15, -0.1) is 0 Å². The van der Waals surface area contributed by atoms with Crippen molar-refractivity contribution in [3.05, 3.63) is 0 Å². The maximum absolute atomic E-state index is 10.7. The zero-order valence-electron chi connectivity index (χ0n) is 7.71. The molecule has 0 unspecified atom stereocenters. The molecule has 0 heterocycles. The van der Waals surface area contributed by atoms with E-state index in [1.807, 2.05) is 6.92 Å². The highest BCUT2D eigenvalue weighted by Crippen LogP contribution is 2.23. The minimum Gasteiger partial charge on any atom is -0.393 e. The number of hydrogen-bond donors (Lipinski definition) is 2. The van der Waals surface area contributed by atoms with Crippen molar-refractivity contribution in [3.63, 3.8) is 0 Å². The zero-order chi connectivity index (χ0) is 9.14. The average Bonchev–Trinajstić information content (AvgIpc) is 1.96. The van der Waals surface area contributed by atoms with Crippen LogP contribution in [0.2, 0.25) is 0 Å². The highest BCUT2D eigenvalue weighted by molar-refractivity contribution is 5.73. The molecule has 0 radical (unpaired) electrons. The largest absolute Gasteiger partial charge is 0.393 e. The van der Waals surface area contributed by atoms with Crippen molar-refractivity contribution in [2.24, 2.45) is 5.92 Å². The van der Waals surface area contributed by atoms with Crippen LogP contribution in [0.5, 0.6) is 0 Å². The number of rotatable bonds is 1. The lowest BCUT2D eigenvalue weighted by molar-refractivity contribution is -0.120. The number of aliphatic hydroxyl groups excluding tert-OH is 1. The summed E-state index contributed by atoms with van der Waals surface area (Å²) in [6, 6.07) is 0.279. The SMILES string of the molecule is CC(=O)N[C@@H]1CC[C@@H](O)[C@H](C)C1. The topological polar surface area (TPSA) is 49.3 Å². The molecule has 1 saturated carbocycles. The van der Waals surface area contributed by atoms with Gasteiger partial charge in [-0.2, -0.15) is 0 Å². The Morgan fingerprint density at radius 1 is 1.50 bits per heavy atom. The third-order valence-electron chi connectivity index (χ3n) is 2.53. The van der Waals surface area contributed by atoms with E-state index >= 15 is 0 Å². The molecule has 3 atom stereocenters. The summed E-state index contributed by atoms with van der Waals surface area (Å²) in [5.74, 6) is 0.346. The van der Waals surface area contributed by atoms with Crippen molar-refractivity contribution >= 4 is 5.91 Å². The standard InChI is InChI=1S/C9H17NO2/c1-6-5-8(10-7(2)11)3-4-9(6)12/h6,8-9,12H,3-5H2,1-2H3,(H,10,11)/t6-,8-,9-/m1/s1. The first kappa shape index (κ1) is 9.52. The van der Waals surface area contributed by atoms with Crippen LogP contribution in [0.15, 0.2) is 0 Å². The van der Waals surface area contributed by atoms with Gasteiger partial charge in [-0.05, 0) is 25.2 Å². The highest BCUT2D eigenvalue weighted by Gasteiger charge is 2.25. The van der Waals surface area contributed by atoms with Crippen LogP contribution in [-0.2, 0) is 4.79 Å². The van der Waals surface area contributed by atoms with Crippen LogP contribution in [0.1, 0.15) is 33.1 Å². The first-order valence-electron chi connectivity index (χ1n) is 4.54. The maximum atomic E-state index is 10.7. The van der Waals surface area contributed by atoms with Gasteiger partial charge < -0.3 is 10.4 Å². The zero-order valence-corrected chi connectivity index (χ0v) is 7.71. The number of amides is 1. The molecule has 3 nitrogen and oxygen atoms in total. The molecule has 3 heteroatoms. The molecule has 0 aromatic carbocycles. The maximum Gasteiger partial charge on any atom is 0.217 e. The molecule has 0 bridgehead atoms. The lowest BCUT2D eigenvalue weighted by Gasteiger charge is -2.31. The fourth-order valence-electron chi connectivity index (χ4n) is 1.80. The summed E-state index contributed by atoms with van der Waals surface area (Å²) in [6.07, 6.45) is 2.45. The first-order chi connectivity index (χ1) is 5.59. The smallest absolute Gasteiger partial charge is 0.217 e. The van der Waals surface area contributed by atoms with E-state index in [4.69, 9.17) is 0 Å². The summed E-state index contributed by atoms with van der Waals surface area (Å²) < 4.78 is 0. The van der Waals surface area contributed by atoms with Crippen molar-refractivity contribution in [2.75, 3.05) is 0 Å². The second-order valence-corrected chi connectivity index (χ2v) is 3.76. The number of carbonyl (C=O) groups excluding carboxylic acids is 1.